The van der Waals surface area contributed by atoms with E-state index in [4.69, 9.17) is 10.5 Å². The molecule has 1 amide bonds. The number of rotatable bonds is 2. The highest BCUT2D eigenvalue weighted by atomic mass is 16.5. The first-order chi connectivity index (χ1) is 6.68. The molecule has 0 aromatic rings. The standard InChI is InChI=1S/C10H18N2O2/c1-7(11)10(13)12-4-5-14-9(6-12)8-2-3-8/h7-9H,2-6,11H2,1H3/t7-,9?/m0/s1. The van der Waals surface area contributed by atoms with Crippen LogP contribution >= 0.6 is 0 Å². The predicted octanol–water partition coefficient (Wildman–Crippen LogP) is -0.0290. The van der Waals surface area contributed by atoms with Gasteiger partial charge < -0.3 is 15.4 Å². The van der Waals surface area contributed by atoms with Gasteiger partial charge in [-0.15, -0.1) is 0 Å². The topological polar surface area (TPSA) is 55.6 Å². The maximum Gasteiger partial charge on any atom is 0.239 e. The van der Waals surface area contributed by atoms with Gasteiger partial charge >= 0.3 is 0 Å². The summed E-state index contributed by atoms with van der Waals surface area (Å²) in [5.41, 5.74) is 5.57. The average molecular weight is 198 g/mol. The fraction of sp³-hybridized carbons (Fsp3) is 0.900. The van der Waals surface area contributed by atoms with Gasteiger partial charge in [-0.25, -0.2) is 0 Å². The lowest BCUT2D eigenvalue weighted by Gasteiger charge is -2.34. The van der Waals surface area contributed by atoms with Gasteiger partial charge in [0.1, 0.15) is 0 Å². The first-order valence-corrected chi connectivity index (χ1v) is 5.34. The molecule has 0 aromatic carbocycles. The molecule has 1 saturated carbocycles. The number of ether oxygens (including phenoxy) is 1. The zero-order valence-electron chi connectivity index (χ0n) is 8.61. The summed E-state index contributed by atoms with van der Waals surface area (Å²) < 4.78 is 5.63. The molecule has 14 heavy (non-hydrogen) atoms. The lowest BCUT2D eigenvalue weighted by atomic mass is 10.1. The van der Waals surface area contributed by atoms with Gasteiger partial charge in [-0.1, -0.05) is 0 Å². The molecule has 0 aromatic heterocycles. The van der Waals surface area contributed by atoms with Gasteiger partial charge in [0, 0.05) is 13.1 Å². The van der Waals surface area contributed by atoms with Crippen molar-refractivity contribution in [3.05, 3.63) is 0 Å². The first-order valence-electron chi connectivity index (χ1n) is 5.34. The highest BCUT2D eigenvalue weighted by molar-refractivity contribution is 5.81. The zero-order chi connectivity index (χ0) is 10.1. The van der Waals surface area contributed by atoms with Gasteiger partial charge in [0.25, 0.3) is 0 Å². The minimum Gasteiger partial charge on any atom is -0.374 e. The van der Waals surface area contributed by atoms with Crippen molar-refractivity contribution in [3.8, 4) is 0 Å². The molecule has 4 nitrogen and oxygen atoms in total. The Morgan fingerprint density at radius 3 is 2.86 bits per heavy atom. The van der Waals surface area contributed by atoms with E-state index >= 15 is 0 Å². The van der Waals surface area contributed by atoms with Crippen molar-refractivity contribution in [1.29, 1.82) is 0 Å². The molecule has 1 heterocycles. The van der Waals surface area contributed by atoms with Crippen LogP contribution in [0.4, 0.5) is 0 Å². The molecular formula is C10H18N2O2. The highest BCUT2D eigenvalue weighted by Gasteiger charge is 2.36. The molecule has 0 spiro atoms. The average Bonchev–Trinajstić information content (AvgIpc) is 3.00. The van der Waals surface area contributed by atoms with E-state index in [1.165, 1.54) is 12.8 Å². The van der Waals surface area contributed by atoms with Gasteiger partial charge in [0.05, 0.1) is 18.8 Å². The van der Waals surface area contributed by atoms with E-state index < -0.39 is 0 Å². The van der Waals surface area contributed by atoms with E-state index in [1.54, 1.807) is 6.92 Å². The van der Waals surface area contributed by atoms with Crippen LogP contribution in [0.5, 0.6) is 0 Å². The monoisotopic (exact) mass is 198 g/mol. The Hall–Kier alpha value is -0.610. The fourth-order valence-electron chi connectivity index (χ4n) is 1.92. The number of carbonyl (C=O) groups excluding carboxylic acids is 1. The van der Waals surface area contributed by atoms with Crippen LogP contribution in [0.15, 0.2) is 0 Å². The van der Waals surface area contributed by atoms with E-state index in [1.807, 2.05) is 4.90 Å². The van der Waals surface area contributed by atoms with Crippen molar-refractivity contribution < 1.29 is 9.53 Å². The Bertz CT molecular complexity index is 226. The van der Waals surface area contributed by atoms with Crippen LogP contribution in [-0.4, -0.2) is 42.6 Å². The Kier molecular flexibility index (Phi) is 2.74. The van der Waals surface area contributed by atoms with Crippen molar-refractivity contribution >= 4 is 5.91 Å². The molecule has 80 valence electrons. The summed E-state index contributed by atoms with van der Waals surface area (Å²) in [6.07, 6.45) is 2.78. The highest BCUT2D eigenvalue weighted by Crippen LogP contribution is 2.35. The van der Waals surface area contributed by atoms with Crippen molar-refractivity contribution in [1.82, 2.24) is 4.90 Å². The third kappa shape index (κ3) is 2.07. The van der Waals surface area contributed by atoms with Crippen molar-refractivity contribution in [2.45, 2.75) is 31.9 Å². The summed E-state index contributed by atoms with van der Waals surface area (Å²) in [6, 6.07) is -0.382. The second kappa shape index (κ2) is 3.87. The van der Waals surface area contributed by atoms with Gasteiger partial charge in [-0.2, -0.15) is 0 Å². The Balaban J connectivity index is 1.89. The fourth-order valence-corrected chi connectivity index (χ4v) is 1.92. The number of morpholine rings is 1. The molecule has 1 saturated heterocycles. The van der Waals surface area contributed by atoms with Crippen molar-refractivity contribution in [2.24, 2.45) is 11.7 Å². The predicted molar refractivity (Wildman–Crippen MR) is 52.7 cm³/mol. The lowest BCUT2D eigenvalue weighted by Crippen LogP contribution is -2.51. The number of hydrogen-bond donors (Lipinski definition) is 1. The molecular weight excluding hydrogens is 180 g/mol. The van der Waals surface area contributed by atoms with E-state index in [0.717, 1.165) is 6.54 Å². The van der Waals surface area contributed by atoms with Crippen LogP contribution in [0.25, 0.3) is 0 Å². The SMILES string of the molecule is C[C@H](N)C(=O)N1CCOC(C2CC2)C1. The smallest absolute Gasteiger partial charge is 0.239 e. The second-order valence-electron chi connectivity index (χ2n) is 4.32. The Labute approximate surface area is 84.4 Å². The number of hydrogen-bond acceptors (Lipinski definition) is 3. The van der Waals surface area contributed by atoms with Crippen LogP contribution in [-0.2, 0) is 9.53 Å². The molecule has 0 radical (unpaired) electrons. The summed E-state index contributed by atoms with van der Waals surface area (Å²) in [6.45, 7) is 3.85. The molecule has 2 aliphatic rings. The normalized spacial score (nSPS) is 30.1. The van der Waals surface area contributed by atoms with Crippen molar-refractivity contribution in [3.63, 3.8) is 0 Å². The van der Waals surface area contributed by atoms with E-state index in [0.29, 0.717) is 19.1 Å². The molecule has 2 N–H and O–H groups in total. The third-order valence-corrected chi connectivity index (χ3v) is 2.94. The molecule has 2 rings (SSSR count). The lowest BCUT2D eigenvalue weighted by molar-refractivity contribution is -0.140. The largest absolute Gasteiger partial charge is 0.374 e. The summed E-state index contributed by atoms with van der Waals surface area (Å²) in [5.74, 6) is 0.748. The van der Waals surface area contributed by atoms with Crippen LogP contribution in [0.3, 0.4) is 0 Å². The summed E-state index contributed by atoms with van der Waals surface area (Å²) in [5, 5.41) is 0. The number of carbonyl (C=O) groups is 1. The van der Waals surface area contributed by atoms with Gasteiger partial charge in [-0.3, -0.25) is 4.79 Å². The molecule has 1 unspecified atom stereocenters. The minimum absolute atomic E-state index is 0.0546. The minimum atomic E-state index is -0.382. The Morgan fingerprint density at radius 1 is 1.57 bits per heavy atom. The van der Waals surface area contributed by atoms with Gasteiger partial charge in [0.2, 0.25) is 5.91 Å². The van der Waals surface area contributed by atoms with E-state index in [2.05, 4.69) is 0 Å². The van der Waals surface area contributed by atoms with Crippen LogP contribution in [0.1, 0.15) is 19.8 Å². The number of nitrogens with zero attached hydrogens (tertiary/aromatic N) is 1. The van der Waals surface area contributed by atoms with Crippen LogP contribution < -0.4 is 5.73 Å². The molecule has 4 heteroatoms. The number of nitrogens with two attached hydrogens (primary N) is 1. The summed E-state index contributed by atoms with van der Waals surface area (Å²) >= 11 is 0. The second-order valence-corrected chi connectivity index (χ2v) is 4.32. The zero-order valence-corrected chi connectivity index (χ0v) is 8.61. The third-order valence-electron chi connectivity index (χ3n) is 2.94. The van der Waals surface area contributed by atoms with Crippen LogP contribution in [0, 0.1) is 5.92 Å². The van der Waals surface area contributed by atoms with Gasteiger partial charge in [0.15, 0.2) is 0 Å². The van der Waals surface area contributed by atoms with E-state index in [9.17, 15) is 4.79 Å². The summed E-state index contributed by atoms with van der Waals surface area (Å²) in [7, 11) is 0. The maximum atomic E-state index is 11.6. The number of amides is 1. The summed E-state index contributed by atoms with van der Waals surface area (Å²) in [4.78, 5) is 13.5. The Morgan fingerprint density at radius 2 is 2.29 bits per heavy atom. The molecule has 2 fully saturated rings. The molecule has 1 aliphatic carbocycles. The van der Waals surface area contributed by atoms with Gasteiger partial charge in [-0.05, 0) is 25.7 Å². The molecule has 2 atom stereocenters. The maximum absolute atomic E-state index is 11.6. The first kappa shape index (κ1) is 9.93. The van der Waals surface area contributed by atoms with E-state index in [-0.39, 0.29) is 18.1 Å². The van der Waals surface area contributed by atoms with Crippen LogP contribution in [0.2, 0.25) is 0 Å². The molecule has 1 aliphatic heterocycles. The quantitative estimate of drug-likeness (QED) is 0.678. The van der Waals surface area contributed by atoms with Crippen molar-refractivity contribution in [2.75, 3.05) is 19.7 Å². The molecule has 0 bridgehead atoms.